The summed E-state index contributed by atoms with van der Waals surface area (Å²) in [5.41, 5.74) is 1.19. The maximum Gasteiger partial charge on any atom is 0.410 e. The minimum Gasteiger partial charge on any atom is -0.444 e. The number of carbonyl (C=O) groups is 2. The second-order valence-electron chi connectivity index (χ2n) is 9.08. The third kappa shape index (κ3) is 5.45. The average molecular weight is 642 g/mol. The van der Waals surface area contributed by atoms with Crippen LogP contribution >= 0.6 is 38.5 Å². The van der Waals surface area contributed by atoms with Gasteiger partial charge in [-0.3, -0.25) is 4.79 Å². The Balaban J connectivity index is 1.43. The van der Waals surface area contributed by atoms with Gasteiger partial charge in [-0.05, 0) is 84.4 Å². The lowest BCUT2D eigenvalue weighted by Gasteiger charge is -2.39. The third-order valence-electron chi connectivity index (χ3n) is 5.25. The third-order valence-corrected chi connectivity index (χ3v) is 6.56. The summed E-state index contributed by atoms with van der Waals surface area (Å²) in [6, 6.07) is 5.78. The van der Waals surface area contributed by atoms with Crippen LogP contribution in [-0.2, 0) is 4.74 Å². The van der Waals surface area contributed by atoms with E-state index >= 15 is 0 Å². The van der Waals surface area contributed by atoms with Gasteiger partial charge in [0.25, 0.3) is 5.91 Å². The fraction of sp³-hybridized carbons (Fsp3) is 0.391. The second kappa shape index (κ2) is 9.68. The predicted molar refractivity (Wildman–Crippen MR) is 138 cm³/mol. The summed E-state index contributed by atoms with van der Waals surface area (Å²) in [6.07, 6.45) is 4.44. The van der Waals surface area contributed by atoms with Crippen LogP contribution in [0.15, 0.2) is 45.7 Å². The fourth-order valence-corrected chi connectivity index (χ4v) is 5.11. The largest absolute Gasteiger partial charge is 0.444 e. The van der Waals surface area contributed by atoms with Crippen molar-refractivity contribution in [2.24, 2.45) is 0 Å². The summed E-state index contributed by atoms with van der Waals surface area (Å²) >= 11 is 5.81. The van der Waals surface area contributed by atoms with Crippen molar-refractivity contribution in [2.75, 3.05) is 19.6 Å². The molecule has 4 rings (SSSR count). The summed E-state index contributed by atoms with van der Waals surface area (Å²) in [5, 5.41) is 4.40. The van der Waals surface area contributed by atoms with Gasteiger partial charge in [0.1, 0.15) is 11.9 Å². The first kappa shape index (κ1) is 24.7. The zero-order valence-electron chi connectivity index (χ0n) is 19.3. The van der Waals surface area contributed by atoms with Crippen molar-refractivity contribution in [2.45, 2.75) is 39.3 Å². The Morgan fingerprint density at radius 3 is 2.71 bits per heavy atom. The van der Waals surface area contributed by atoms with E-state index in [-0.39, 0.29) is 23.7 Å². The molecule has 3 heterocycles. The van der Waals surface area contributed by atoms with Gasteiger partial charge in [0, 0.05) is 39.9 Å². The highest BCUT2D eigenvalue weighted by Crippen LogP contribution is 2.26. The van der Waals surface area contributed by atoms with Gasteiger partial charge >= 0.3 is 6.09 Å². The van der Waals surface area contributed by atoms with Crippen LogP contribution in [0.5, 0.6) is 0 Å². The number of rotatable bonds is 3. The molecule has 9 nitrogen and oxygen atoms in total. The molecule has 0 spiro atoms. The van der Waals surface area contributed by atoms with Crippen LogP contribution in [0.25, 0.3) is 17.1 Å². The highest BCUT2D eigenvalue weighted by Gasteiger charge is 2.33. The molecular formula is C23H25BrIN5O4. The Kier molecular flexibility index (Phi) is 7.04. The van der Waals surface area contributed by atoms with Crippen molar-refractivity contribution in [3.8, 4) is 17.1 Å². The molecular weight excluding hydrogens is 617 g/mol. The Morgan fingerprint density at radius 1 is 1.26 bits per heavy atom. The number of carbonyl (C=O) groups excluding carboxylic acids is 2. The zero-order valence-corrected chi connectivity index (χ0v) is 23.0. The molecule has 1 aliphatic heterocycles. The number of nitrogens with zero attached hydrogens (tertiary/aromatic N) is 5. The molecule has 11 heteroatoms. The molecule has 1 saturated heterocycles. The van der Waals surface area contributed by atoms with Crippen LogP contribution in [0.2, 0.25) is 0 Å². The minimum absolute atomic E-state index is 0.176. The number of amides is 2. The fourth-order valence-electron chi connectivity index (χ4n) is 3.63. The lowest BCUT2D eigenvalue weighted by Crippen LogP contribution is -2.56. The van der Waals surface area contributed by atoms with Crippen molar-refractivity contribution in [3.63, 3.8) is 0 Å². The quantitative estimate of drug-likeness (QED) is 0.375. The molecule has 0 saturated carbocycles. The van der Waals surface area contributed by atoms with Crippen molar-refractivity contribution in [3.05, 3.63) is 50.6 Å². The number of benzene rings is 1. The number of aromatic nitrogens is 3. The Morgan fingerprint density at radius 2 is 2.03 bits per heavy atom. The highest BCUT2D eigenvalue weighted by molar-refractivity contribution is 14.1. The number of ether oxygens (including phenoxy) is 1. The van der Waals surface area contributed by atoms with E-state index < -0.39 is 5.60 Å². The van der Waals surface area contributed by atoms with E-state index in [0.717, 1.165) is 13.7 Å². The topological polar surface area (TPSA) is 93.7 Å². The van der Waals surface area contributed by atoms with E-state index in [4.69, 9.17) is 9.15 Å². The predicted octanol–water partition coefficient (Wildman–Crippen LogP) is 4.98. The van der Waals surface area contributed by atoms with E-state index in [1.807, 2.05) is 45.9 Å². The molecule has 3 aromatic rings. The molecule has 1 aliphatic rings. The number of hydrogen-bond acceptors (Lipinski definition) is 6. The molecule has 1 aromatic carbocycles. The average Bonchev–Trinajstić information content (AvgIpc) is 3.41. The molecule has 0 bridgehead atoms. The number of piperazine rings is 1. The van der Waals surface area contributed by atoms with Crippen LogP contribution in [0, 0.1) is 3.57 Å². The lowest BCUT2D eigenvalue weighted by molar-refractivity contribution is 0.00190. The molecule has 2 aromatic heterocycles. The standard InChI is InChI=1S/C23H25BrIN5O4/c1-14-11-28(7-8-29(14)22(32)34-23(2,3)4)21(31)18-13-33-20(27-18)15-10-26-30(12-15)19-6-5-16(25)9-17(19)24/h5-6,9-10,12-14H,7-8,11H2,1-4H3/t14-/m0/s1. The maximum atomic E-state index is 13.0. The van der Waals surface area contributed by atoms with Gasteiger partial charge in [0.05, 0.1) is 17.4 Å². The Labute approximate surface area is 219 Å². The van der Waals surface area contributed by atoms with Crippen molar-refractivity contribution in [1.82, 2.24) is 24.6 Å². The summed E-state index contributed by atoms with van der Waals surface area (Å²) in [5.74, 6) is 0.0788. The summed E-state index contributed by atoms with van der Waals surface area (Å²) in [4.78, 5) is 33.2. The summed E-state index contributed by atoms with van der Waals surface area (Å²) < 4.78 is 14.8. The van der Waals surface area contributed by atoms with Crippen LogP contribution in [0.1, 0.15) is 38.2 Å². The van der Waals surface area contributed by atoms with Crippen LogP contribution in [-0.4, -0.2) is 67.8 Å². The van der Waals surface area contributed by atoms with Gasteiger partial charge in [0.2, 0.25) is 5.89 Å². The van der Waals surface area contributed by atoms with Crippen molar-refractivity contribution >= 4 is 50.5 Å². The molecule has 0 aliphatic carbocycles. The first-order valence-electron chi connectivity index (χ1n) is 10.8. The normalized spacial score (nSPS) is 16.6. The van der Waals surface area contributed by atoms with Gasteiger partial charge < -0.3 is 19.0 Å². The second-order valence-corrected chi connectivity index (χ2v) is 11.2. The van der Waals surface area contributed by atoms with Gasteiger partial charge in [0.15, 0.2) is 5.69 Å². The number of halogens is 2. The monoisotopic (exact) mass is 641 g/mol. The molecule has 0 radical (unpaired) electrons. The first-order valence-corrected chi connectivity index (χ1v) is 12.6. The van der Waals surface area contributed by atoms with E-state index in [2.05, 4.69) is 48.6 Å². The van der Waals surface area contributed by atoms with Crippen LogP contribution < -0.4 is 0 Å². The number of oxazole rings is 1. The molecule has 34 heavy (non-hydrogen) atoms. The maximum absolute atomic E-state index is 13.0. The SMILES string of the molecule is C[C@H]1CN(C(=O)c2coc(-c3cnn(-c4ccc(I)cc4Br)c3)n2)CCN1C(=O)OC(C)(C)C. The van der Waals surface area contributed by atoms with Crippen LogP contribution in [0.4, 0.5) is 4.79 Å². The van der Waals surface area contributed by atoms with Gasteiger partial charge in [-0.1, -0.05) is 0 Å². The smallest absolute Gasteiger partial charge is 0.410 e. The molecule has 0 N–H and O–H groups in total. The first-order chi connectivity index (χ1) is 16.0. The molecule has 2 amide bonds. The van der Waals surface area contributed by atoms with Crippen LogP contribution in [0.3, 0.4) is 0 Å². The Bertz CT molecular complexity index is 1220. The molecule has 1 atom stereocenters. The lowest BCUT2D eigenvalue weighted by atomic mass is 10.2. The summed E-state index contributed by atoms with van der Waals surface area (Å²) in [6.45, 7) is 8.57. The molecule has 0 unspecified atom stereocenters. The molecule has 180 valence electrons. The van der Waals surface area contributed by atoms with E-state index in [1.54, 1.807) is 26.9 Å². The van der Waals surface area contributed by atoms with E-state index in [1.165, 1.54) is 6.26 Å². The number of hydrogen-bond donors (Lipinski definition) is 0. The van der Waals surface area contributed by atoms with Crippen molar-refractivity contribution < 1.29 is 18.7 Å². The van der Waals surface area contributed by atoms with Gasteiger partial charge in [-0.15, -0.1) is 0 Å². The molecule has 1 fully saturated rings. The minimum atomic E-state index is -0.566. The summed E-state index contributed by atoms with van der Waals surface area (Å²) in [7, 11) is 0. The zero-order chi connectivity index (χ0) is 24.6. The van der Waals surface area contributed by atoms with Crippen molar-refractivity contribution in [1.29, 1.82) is 0 Å². The van der Waals surface area contributed by atoms with Gasteiger partial charge in [-0.2, -0.15) is 5.10 Å². The van der Waals surface area contributed by atoms with E-state index in [9.17, 15) is 9.59 Å². The highest BCUT2D eigenvalue weighted by atomic mass is 127. The van der Waals surface area contributed by atoms with Gasteiger partial charge in [-0.25, -0.2) is 14.5 Å². The Hall–Kier alpha value is -2.41. The van der Waals surface area contributed by atoms with E-state index in [0.29, 0.717) is 31.1 Å².